The lowest BCUT2D eigenvalue weighted by atomic mass is 9.84. The van der Waals surface area contributed by atoms with Gasteiger partial charge < -0.3 is 5.11 Å². The molecule has 2 rings (SSSR count). The van der Waals surface area contributed by atoms with E-state index in [-0.39, 0.29) is 0 Å². The minimum Gasteiger partial charge on any atom is -0.392 e. The van der Waals surface area contributed by atoms with Crippen LogP contribution in [0.3, 0.4) is 0 Å². The third-order valence-corrected chi connectivity index (χ3v) is 6.98. The molecule has 1 fully saturated rings. The smallest absolute Gasteiger partial charge is 0.183 e. The molecule has 3 atom stereocenters. The van der Waals surface area contributed by atoms with Crippen LogP contribution in [0.4, 0.5) is 0 Å². The second kappa shape index (κ2) is 6.49. The van der Waals surface area contributed by atoms with Gasteiger partial charge in [0.2, 0.25) is 0 Å². The van der Waals surface area contributed by atoms with Gasteiger partial charge in [-0.25, -0.2) is 8.42 Å². The van der Waals surface area contributed by atoms with Crippen molar-refractivity contribution < 1.29 is 13.5 Å². The van der Waals surface area contributed by atoms with Crippen LogP contribution in [0.2, 0.25) is 0 Å². The van der Waals surface area contributed by atoms with Crippen molar-refractivity contribution in [3.05, 3.63) is 29.3 Å². The van der Waals surface area contributed by atoms with E-state index < -0.39 is 21.2 Å². The Morgan fingerprint density at radius 2 is 1.90 bits per heavy atom. The van der Waals surface area contributed by atoms with Gasteiger partial charge in [-0.2, -0.15) is 0 Å². The van der Waals surface area contributed by atoms with Gasteiger partial charge in [0.15, 0.2) is 9.84 Å². The maximum Gasteiger partial charge on any atom is 0.183 e. The van der Waals surface area contributed by atoms with E-state index >= 15 is 0 Å². The minimum atomic E-state index is -3.45. The summed E-state index contributed by atoms with van der Waals surface area (Å²) in [5.74, 6) is 0.421. The molecule has 0 aliphatic heterocycles. The van der Waals surface area contributed by atoms with Gasteiger partial charge in [-0.15, -0.1) is 0 Å². The van der Waals surface area contributed by atoms with Gasteiger partial charge in [0.25, 0.3) is 0 Å². The molecule has 4 heteroatoms. The quantitative estimate of drug-likeness (QED) is 0.927. The number of sulfone groups is 1. The molecule has 1 saturated carbocycles. The Labute approximate surface area is 128 Å². The van der Waals surface area contributed by atoms with E-state index in [4.69, 9.17) is 0 Å². The summed E-state index contributed by atoms with van der Waals surface area (Å²) in [5.41, 5.74) is 2.06. The van der Waals surface area contributed by atoms with Gasteiger partial charge in [-0.1, -0.05) is 25.8 Å². The number of hydrogen-bond acceptors (Lipinski definition) is 3. The largest absolute Gasteiger partial charge is 0.392 e. The summed E-state index contributed by atoms with van der Waals surface area (Å²) in [6.45, 7) is 6.02. The Balaban J connectivity index is 2.30. The van der Waals surface area contributed by atoms with Crippen LogP contribution in [-0.4, -0.2) is 24.9 Å². The van der Waals surface area contributed by atoms with Gasteiger partial charge in [-0.3, -0.25) is 0 Å². The fourth-order valence-electron chi connectivity index (χ4n) is 3.27. The monoisotopic (exact) mass is 310 g/mol. The zero-order valence-electron chi connectivity index (χ0n) is 13.2. The molecule has 0 bridgehead atoms. The zero-order chi connectivity index (χ0) is 15.6. The van der Waals surface area contributed by atoms with Crippen molar-refractivity contribution in [2.45, 2.75) is 69.1 Å². The second-order valence-corrected chi connectivity index (χ2v) is 8.53. The van der Waals surface area contributed by atoms with Crippen LogP contribution in [0.1, 0.15) is 50.2 Å². The molecule has 0 amide bonds. The van der Waals surface area contributed by atoms with E-state index in [1.54, 1.807) is 12.1 Å². The lowest BCUT2D eigenvalue weighted by Gasteiger charge is -2.33. The number of rotatable bonds is 4. The first-order valence-corrected chi connectivity index (χ1v) is 9.40. The fourth-order valence-corrected chi connectivity index (χ4v) is 5.29. The summed E-state index contributed by atoms with van der Waals surface area (Å²) in [5, 5.41) is 9.55. The Hall–Kier alpha value is -0.870. The summed E-state index contributed by atoms with van der Waals surface area (Å²) in [4.78, 5) is 0.354. The highest BCUT2D eigenvalue weighted by molar-refractivity contribution is 7.92. The third kappa shape index (κ3) is 3.49. The lowest BCUT2D eigenvalue weighted by Crippen LogP contribution is -2.39. The first kappa shape index (κ1) is 16.5. The van der Waals surface area contributed by atoms with E-state index in [0.717, 1.165) is 30.4 Å². The van der Waals surface area contributed by atoms with Crippen LogP contribution >= 0.6 is 0 Å². The van der Waals surface area contributed by atoms with Crippen molar-refractivity contribution >= 4 is 9.84 Å². The number of hydrogen-bond donors (Lipinski definition) is 1. The fraction of sp³-hybridized carbons (Fsp3) is 0.647. The highest BCUT2D eigenvalue weighted by Gasteiger charge is 2.38. The van der Waals surface area contributed by atoms with Crippen molar-refractivity contribution in [2.75, 3.05) is 0 Å². The Morgan fingerprint density at radius 3 is 2.52 bits per heavy atom. The molecule has 3 unspecified atom stereocenters. The SMILES string of the molecule is CCCC1CCC(O)C(S(=O)(=O)c2ccc(C)c(C)c2)C1. The van der Waals surface area contributed by atoms with Crippen LogP contribution in [0.5, 0.6) is 0 Å². The van der Waals surface area contributed by atoms with E-state index in [2.05, 4.69) is 6.92 Å². The normalized spacial score (nSPS) is 26.8. The maximum atomic E-state index is 12.9. The van der Waals surface area contributed by atoms with E-state index in [0.29, 0.717) is 23.7 Å². The molecule has 3 nitrogen and oxygen atoms in total. The standard InChI is InChI=1S/C17H26O3S/c1-4-5-14-7-9-16(18)17(11-14)21(19,20)15-8-6-12(2)13(3)10-15/h6,8,10,14,16-18H,4-5,7,9,11H2,1-3H3. The molecule has 118 valence electrons. The van der Waals surface area contributed by atoms with Crippen LogP contribution in [0.15, 0.2) is 23.1 Å². The molecular formula is C17H26O3S. The van der Waals surface area contributed by atoms with Crippen molar-refractivity contribution in [1.29, 1.82) is 0 Å². The predicted molar refractivity (Wildman–Crippen MR) is 85.1 cm³/mol. The molecule has 21 heavy (non-hydrogen) atoms. The molecule has 1 N–H and O–H groups in total. The first-order chi connectivity index (χ1) is 9.86. The molecule has 0 aromatic heterocycles. The average molecular weight is 310 g/mol. The highest BCUT2D eigenvalue weighted by Crippen LogP contribution is 2.34. The Kier molecular flexibility index (Phi) is 5.10. The summed E-state index contributed by atoms with van der Waals surface area (Å²) in [7, 11) is -3.45. The van der Waals surface area contributed by atoms with E-state index in [1.165, 1.54) is 0 Å². The van der Waals surface area contributed by atoms with Crippen LogP contribution < -0.4 is 0 Å². The summed E-state index contributed by atoms with van der Waals surface area (Å²) < 4.78 is 25.7. The number of aryl methyl sites for hydroxylation is 2. The van der Waals surface area contributed by atoms with Crippen molar-refractivity contribution in [2.24, 2.45) is 5.92 Å². The zero-order valence-corrected chi connectivity index (χ0v) is 14.0. The molecule has 0 saturated heterocycles. The average Bonchev–Trinajstić information content (AvgIpc) is 2.44. The number of aliphatic hydroxyl groups is 1. The predicted octanol–water partition coefficient (Wildman–Crippen LogP) is 3.41. The van der Waals surface area contributed by atoms with Gasteiger partial charge in [0.1, 0.15) is 0 Å². The van der Waals surface area contributed by atoms with Crippen LogP contribution in [-0.2, 0) is 9.84 Å². The minimum absolute atomic E-state index is 0.354. The van der Waals surface area contributed by atoms with Gasteiger partial charge >= 0.3 is 0 Å². The van der Waals surface area contributed by atoms with E-state index in [9.17, 15) is 13.5 Å². The first-order valence-electron chi connectivity index (χ1n) is 7.85. The third-order valence-electron chi connectivity index (χ3n) is 4.77. The topological polar surface area (TPSA) is 54.4 Å². The molecule has 1 aromatic carbocycles. The molecule has 1 aromatic rings. The number of aliphatic hydroxyl groups excluding tert-OH is 1. The molecule has 0 spiro atoms. The molecule has 1 aliphatic carbocycles. The Morgan fingerprint density at radius 1 is 1.19 bits per heavy atom. The van der Waals surface area contributed by atoms with Gasteiger partial charge in [-0.05, 0) is 62.3 Å². The molecule has 0 radical (unpaired) electrons. The van der Waals surface area contributed by atoms with Crippen molar-refractivity contribution in [1.82, 2.24) is 0 Å². The summed E-state index contributed by atoms with van der Waals surface area (Å²) >= 11 is 0. The van der Waals surface area contributed by atoms with Gasteiger partial charge in [0, 0.05) is 0 Å². The molecule has 0 heterocycles. The van der Waals surface area contributed by atoms with E-state index in [1.807, 2.05) is 19.9 Å². The molecular weight excluding hydrogens is 284 g/mol. The Bertz CT molecular complexity index is 592. The highest BCUT2D eigenvalue weighted by atomic mass is 32.2. The molecule has 1 aliphatic rings. The van der Waals surface area contributed by atoms with Gasteiger partial charge in [0.05, 0.1) is 16.2 Å². The van der Waals surface area contributed by atoms with Crippen molar-refractivity contribution in [3.63, 3.8) is 0 Å². The van der Waals surface area contributed by atoms with Crippen LogP contribution in [0, 0.1) is 19.8 Å². The second-order valence-electron chi connectivity index (χ2n) is 6.36. The number of benzene rings is 1. The summed E-state index contributed by atoms with van der Waals surface area (Å²) in [6.07, 6.45) is 3.50. The van der Waals surface area contributed by atoms with Crippen molar-refractivity contribution in [3.8, 4) is 0 Å². The maximum absolute atomic E-state index is 12.9. The van der Waals surface area contributed by atoms with Crippen LogP contribution in [0.25, 0.3) is 0 Å². The lowest BCUT2D eigenvalue weighted by molar-refractivity contribution is 0.109. The summed E-state index contributed by atoms with van der Waals surface area (Å²) in [6, 6.07) is 5.26.